The van der Waals surface area contributed by atoms with Gasteiger partial charge in [0, 0.05) is 35.4 Å². The van der Waals surface area contributed by atoms with Crippen molar-refractivity contribution in [3.63, 3.8) is 0 Å². The molecule has 0 bridgehead atoms. The molecule has 0 aliphatic rings. The molecule has 0 N–H and O–H groups in total. The van der Waals surface area contributed by atoms with Gasteiger partial charge in [0.2, 0.25) is 0 Å². The highest BCUT2D eigenvalue weighted by Crippen LogP contribution is 2.32. The highest BCUT2D eigenvalue weighted by molar-refractivity contribution is 5.98. The number of carbonyl (C=O) groups is 1. The maximum atomic E-state index is 13.9. The number of nitro groups is 1. The van der Waals surface area contributed by atoms with E-state index in [1.165, 1.54) is 18.3 Å². The molecule has 0 atom stereocenters. The summed E-state index contributed by atoms with van der Waals surface area (Å²) in [6.07, 6.45) is 1.58. The van der Waals surface area contributed by atoms with Crippen LogP contribution in [0.1, 0.15) is 42.3 Å². The summed E-state index contributed by atoms with van der Waals surface area (Å²) in [5.41, 5.74) is 1.91. The lowest BCUT2D eigenvalue weighted by Gasteiger charge is -2.19. The minimum Gasteiger partial charge on any atom is -0.294 e. The minimum atomic E-state index is -0.456. The van der Waals surface area contributed by atoms with Gasteiger partial charge in [0.05, 0.1) is 10.6 Å². The van der Waals surface area contributed by atoms with Gasteiger partial charge >= 0.3 is 0 Å². The van der Waals surface area contributed by atoms with E-state index in [1.54, 1.807) is 42.5 Å². The number of benzene rings is 2. The number of hydrogen-bond donors (Lipinski definition) is 0. The monoisotopic (exact) mass is 392 g/mol. The molecule has 0 aliphatic heterocycles. The van der Waals surface area contributed by atoms with Gasteiger partial charge in [-0.1, -0.05) is 51.1 Å². The molecule has 0 radical (unpaired) electrons. The van der Waals surface area contributed by atoms with Crippen molar-refractivity contribution < 1.29 is 14.1 Å². The Morgan fingerprint density at radius 2 is 1.83 bits per heavy atom. The number of hydrogen-bond acceptors (Lipinski definition) is 4. The van der Waals surface area contributed by atoms with Crippen molar-refractivity contribution in [1.82, 2.24) is 4.98 Å². The summed E-state index contributed by atoms with van der Waals surface area (Å²) in [5, 5.41) is 11.5. The molecule has 0 spiro atoms. The van der Waals surface area contributed by atoms with Crippen LogP contribution >= 0.6 is 0 Å². The fourth-order valence-corrected chi connectivity index (χ4v) is 3.14. The van der Waals surface area contributed by atoms with Crippen molar-refractivity contribution in [3.8, 4) is 11.3 Å². The van der Waals surface area contributed by atoms with Crippen molar-refractivity contribution >= 4 is 11.5 Å². The van der Waals surface area contributed by atoms with Crippen molar-refractivity contribution in [2.24, 2.45) is 0 Å². The third kappa shape index (κ3) is 4.54. The van der Waals surface area contributed by atoms with E-state index in [0.717, 1.165) is 0 Å². The van der Waals surface area contributed by atoms with E-state index >= 15 is 0 Å². The van der Waals surface area contributed by atoms with Gasteiger partial charge in [0.1, 0.15) is 5.82 Å². The fraction of sp³-hybridized carbons (Fsp3) is 0.217. The van der Waals surface area contributed by atoms with Crippen molar-refractivity contribution in [2.45, 2.75) is 32.6 Å². The summed E-state index contributed by atoms with van der Waals surface area (Å²) in [6, 6.07) is 14.3. The van der Waals surface area contributed by atoms with Gasteiger partial charge in [-0.3, -0.25) is 19.9 Å². The average Bonchev–Trinajstić information content (AvgIpc) is 2.68. The summed E-state index contributed by atoms with van der Waals surface area (Å²) in [7, 11) is 0. The van der Waals surface area contributed by atoms with Crippen LogP contribution in [0.4, 0.5) is 10.1 Å². The van der Waals surface area contributed by atoms with Crippen LogP contribution in [-0.4, -0.2) is 15.7 Å². The number of ketones is 1. The Labute approximate surface area is 168 Å². The van der Waals surface area contributed by atoms with Crippen LogP contribution in [0.2, 0.25) is 0 Å². The van der Waals surface area contributed by atoms with Crippen LogP contribution in [-0.2, 0) is 11.8 Å². The van der Waals surface area contributed by atoms with E-state index in [0.29, 0.717) is 22.4 Å². The first-order valence-corrected chi connectivity index (χ1v) is 9.19. The fourth-order valence-electron chi connectivity index (χ4n) is 3.14. The zero-order valence-corrected chi connectivity index (χ0v) is 16.5. The van der Waals surface area contributed by atoms with Gasteiger partial charge in [-0.2, -0.15) is 0 Å². The molecule has 0 saturated heterocycles. The normalized spacial score (nSPS) is 11.3. The molecule has 29 heavy (non-hydrogen) atoms. The van der Waals surface area contributed by atoms with Crippen LogP contribution in [0.15, 0.2) is 60.8 Å². The molecular weight excluding hydrogens is 371 g/mol. The number of carbonyl (C=O) groups excluding carboxylic acids is 1. The van der Waals surface area contributed by atoms with Gasteiger partial charge in [0.25, 0.3) is 5.69 Å². The van der Waals surface area contributed by atoms with Gasteiger partial charge in [-0.15, -0.1) is 0 Å². The molecule has 0 saturated carbocycles. The first-order valence-electron chi connectivity index (χ1n) is 9.19. The highest BCUT2D eigenvalue weighted by Gasteiger charge is 2.26. The van der Waals surface area contributed by atoms with E-state index in [9.17, 15) is 19.3 Å². The Morgan fingerprint density at radius 3 is 2.41 bits per heavy atom. The highest BCUT2D eigenvalue weighted by atomic mass is 19.1. The zero-order chi connectivity index (χ0) is 21.2. The van der Waals surface area contributed by atoms with Gasteiger partial charge in [-0.05, 0) is 29.2 Å². The van der Waals surface area contributed by atoms with Gasteiger partial charge in [-0.25, -0.2) is 4.39 Å². The van der Waals surface area contributed by atoms with Crippen LogP contribution < -0.4 is 0 Å². The maximum absolute atomic E-state index is 13.9. The molecule has 1 aromatic heterocycles. The van der Waals surface area contributed by atoms with E-state index in [-0.39, 0.29) is 29.3 Å². The predicted octanol–water partition coefficient (Wildman–Crippen LogP) is 5.52. The van der Waals surface area contributed by atoms with E-state index < -0.39 is 10.3 Å². The Hall–Kier alpha value is -3.41. The summed E-state index contributed by atoms with van der Waals surface area (Å²) in [5.74, 6) is -0.607. The topological polar surface area (TPSA) is 73.1 Å². The lowest BCUT2D eigenvalue weighted by Crippen LogP contribution is -2.15. The first-order chi connectivity index (χ1) is 13.7. The third-order valence-corrected chi connectivity index (χ3v) is 4.66. The van der Waals surface area contributed by atoms with Crippen molar-refractivity contribution in [3.05, 3.63) is 93.4 Å². The zero-order valence-electron chi connectivity index (χ0n) is 16.5. The quantitative estimate of drug-likeness (QED) is 0.326. The Kier molecular flexibility index (Phi) is 5.55. The maximum Gasteiger partial charge on any atom is 0.273 e. The molecule has 1 heterocycles. The summed E-state index contributed by atoms with van der Waals surface area (Å²) >= 11 is 0. The Balaban J connectivity index is 1.83. The van der Waals surface area contributed by atoms with Gasteiger partial charge in [0.15, 0.2) is 5.78 Å². The molecular formula is C23H21FN2O3. The number of nitro benzene ring substituents is 1. The SMILES string of the molecule is CC(C)(C)c1ccc(C(=O)Cc2ccc(-c3ccccc3F)nc2)cc1[N+](=O)[O-]. The Morgan fingerprint density at radius 1 is 1.10 bits per heavy atom. The number of halogens is 1. The largest absolute Gasteiger partial charge is 0.294 e. The van der Waals surface area contributed by atoms with Crippen molar-refractivity contribution in [2.75, 3.05) is 0 Å². The Bertz CT molecular complexity index is 1070. The molecule has 3 rings (SSSR count). The first kappa shape index (κ1) is 20.3. The second-order valence-corrected chi connectivity index (χ2v) is 7.87. The molecule has 0 aliphatic carbocycles. The summed E-state index contributed by atoms with van der Waals surface area (Å²) < 4.78 is 13.9. The van der Waals surface area contributed by atoms with Crippen LogP contribution in [0.25, 0.3) is 11.3 Å². The predicted molar refractivity (Wildman–Crippen MR) is 109 cm³/mol. The van der Waals surface area contributed by atoms with E-state index in [4.69, 9.17) is 0 Å². The molecule has 148 valence electrons. The van der Waals surface area contributed by atoms with E-state index in [1.807, 2.05) is 20.8 Å². The number of rotatable bonds is 5. The molecule has 3 aromatic rings. The van der Waals surface area contributed by atoms with Crippen molar-refractivity contribution in [1.29, 1.82) is 0 Å². The van der Waals surface area contributed by atoms with E-state index in [2.05, 4.69) is 4.98 Å². The standard InChI is InChI=1S/C23H21FN2O3/c1-23(2,3)18-10-9-16(13-21(18)26(28)29)22(27)12-15-8-11-20(25-14-15)17-6-4-5-7-19(17)24/h4-11,13-14H,12H2,1-3H3. The lowest BCUT2D eigenvalue weighted by atomic mass is 9.85. The lowest BCUT2D eigenvalue weighted by molar-refractivity contribution is -0.386. The molecule has 0 amide bonds. The molecule has 0 unspecified atom stereocenters. The smallest absolute Gasteiger partial charge is 0.273 e. The molecule has 2 aromatic carbocycles. The van der Waals surface area contributed by atoms with Gasteiger partial charge < -0.3 is 0 Å². The molecule has 5 nitrogen and oxygen atoms in total. The number of Topliss-reactive ketones (excluding diaryl/α,β-unsaturated/α-hetero) is 1. The van der Waals surface area contributed by atoms with Crippen LogP contribution in [0.5, 0.6) is 0 Å². The number of aromatic nitrogens is 1. The van der Waals surface area contributed by atoms with Crippen LogP contribution in [0.3, 0.4) is 0 Å². The van der Waals surface area contributed by atoms with Crippen LogP contribution in [0, 0.1) is 15.9 Å². The number of pyridine rings is 1. The molecule has 6 heteroatoms. The summed E-state index contributed by atoms with van der Waals surface area (Å²) in [6.45, 7) is 5.67. The summed E-state index contributed by atoms with van der Waals surface area (Å²) in [4.78, 5) is 27.9. The average molecular weight is 392 g/mol. The minimum absolute atomic E-state index is 0.0522. The number of nitrogens with zero attached hydrogens (tertiary/aromatic N) is 2. The third-order valence-electron chi connectivity index (χ3n) is 4.66. The second kappa shape index (κ2) is 7.91. The molecule has 0 fully saturated rings. The second-order valence-electron chi connectivity index (χ2n) is 7.87.